The van der Waals surface area contributed by atoms with Crippen LogP contribution in [0.4, 0.5) is 19.3 Å². The molecule has 0 aliphatic rings. The van der Waals surface area contributed by atoms with E-state index in [1.807, 2.05) is 0 Å². The third kappa shape index (κ3) is 2.05. The lowest BCUT2D eigenvalue weighted by atomic mass is 10.3. The molecule has 1 aromatic carbocycles. The Morgan fingerprint density at radius 1 is 1.44 bits per heavy atom. The van der Waals surface area contributed by atoms with Gasteiger partial charge in [-0.25, -0.2) is 13.6 Å². The van der Waals surface area contributed by atoms with Gasteiger partial charge in [-0.15, -0.1) is 0 Å². The molecule has 0 aliphatic carbocycles. The Bertz CT molecular complexity index is 511. The summed E-state index contributed by atoms with van der Waals surface area (Å²) in [5, 5.41) is 5.71. The lowest BCUT2D eigenvalue weighted by Crippen LogP contribution is -2.20. The van der Waals surface area contributed by atoms with Crippen molar-refractivity contribution in [3.05, 3.63) is 48.3 Å². The molecule has 0 spiro atoms. The van der Waals surface area contributed by atoms with Crippen LogP contribution >= 0.6 is 0 Å². The first-order chi connectivity index (χ1) is 7.66. The summed E-state index contributed by atoms with van der Waals surface area (Å²) < 4.78 is 26.9. The summed E-state index contributed by atoms with van der Waals surface area (Å²) in [6.45, 7) is 0. The second kappa shape index (κ2) is 4.09. The van der Waals surface area contributed by atoms with E-state index in [1.54, 1.807) is 0 Å². The van der Waals surface area contributed by atoms with Gasteiger partial charge in [0.25, 0.3) is 0 Å². The molecule has 0 saturated heterocycles. The number of benzene rings is 1. The van der Waals surface area contributed by atoms with Gasteiger partial charge in [0.1, 0.15) is 17.8 Å². The molecule has 0 atom stereocenters. The Kier molecular flexibility index (Phi) is 2.63. The average molecular weight is 222 g/mol. The predicted molar refractivity (Wildman–Crippen MR) is 51.8 cm³/mol. The summed E-state index contributed by atoms with van der Waals surface area (Å²) in [5.74, 6) is -1.35. The van der Waals surface area contributed by atoms with Crippen molar-refractivity contribution in [3.63, 3.8) is 0 Å². The van der Waals surface area contributed by atoms with Gasteiger partial charge in [-0.1, -0.05) is 0 Å². The molecule has 1 N–H and O–H groups in total. The van der Waals surface area contributed by atoms with Crippen molar-refractivity contribution in [2.75, 3.05) is 5.32 Å². The maximum absolute atomic E-state index is 13.2. The third-order valence-electron chi connectivity index (χ3n) is 1.83. The predicted octanol–water partition coefficient (Wildman–Crippen LogP) is 2.04. The zero-order valence-corrected chi connectivity index (χ0v) is 7.95. The van der Waals surface area contributed by atoms with E-state index in [9.17, 15) is 13.6 Å². The highest BCUT2D eigenvalue weighted by Crippen LogP contribution is 2.15. The molecule has 0 fully saturated rings. The maximum Gasteiger partial charge on any atom is 0.346 e. The van der Waals surface area contributed by atoms with E-state index in [0.29, 0.717) is 0 Å². The minimum Gasteiger partial charge on any atom is -0.303 e. The zero-order chi connectivity index (χ0) is 11.5. The van der Waals surface area contributed by atoms with Crippen molar-refractivity contribution in [1.82, 2.24) is 9.78 Å². The van der Waals surface area contributed by atoms with Gasteiger partial charge in [0.2, 0.25) is 0 Å². The minimum absolute atomic E-state index is 0.236. The van der Waals surface area contributed by atoms with Gasteiger partial charge in [0.15, 0.2) is 0 Å². The lowest BCUT2D eigenvalue weighted by Gasteiger charge is -2.05. The van der Waals surface area contributed by atoms with Crippen molar-refractivity contribution in [3.8, 4) is 0 Å². The van der Waals surface area contributed by atoms with Gasteiger partial charge in [-0.05, 0) is 18.2 Å². The number of anilines is 1. The van der Waals surface area contributed by atoms with Crippen LogP contribution in [0.5, 0.6) is 0 Å². The van der Waals surface area contributed by atoms with Crippen molar-refractivity contribution < 1.29 is 13.6 Å². The second-order valence-electron chi connectivity index (χ2n) is 2.94. The standard InChI is InChI=1S/C10H6F2N3O/c11-7-2-3-8(12)9(6-7)14-10(16)15-5-1-4-13-15/h1-3,5-6H,(H,14,16). The fourth-order valence-corrected chi connectivity index (χ4v) is 1.11. The first-order valence-electron chi connectivity index (χ1n) is 4.35. The van der Waals surface area contributed by atoms with E-state index in [1.165, 1.54) is 12.3 Å². The van der Waals surface area contributed by atoms with Gasteiger partial charge in [-0.3, -0.25) is 0 Å². The molecule has 81 valence electrons. The molecular weight excluding hydrogens is 216 g/mol. The molecule has 1 heterocycles. The number of halogens is 2. The van der Waals surface area contributed by atoms with E-state index in [2.05, 4.69) is 16.6 Å². The molecule has 2 rings (SSSR count). The lowest BCUT2D eigenvalue weighted by molar-refractivity contribution is 0.250. The number of aromatic nitrogens is 2. The number of nitrogens with one attached hydrogen (secondary N) is 1. The van der Waals surface area contributed by atoms with Crippen molar-refractivity contribution >= 4 is 11.7 Å². The molecule has 1 amide bonds. The van der Waals surface area contributed by atoms with Crippen LogP contribution in [0.1, 0.15) is 0 Å². The molecule has 1 aromatic heterocycles. The van der Waals surface area contributed by atoms with Gasteiger partial charge in [0, 0.05) is 12.3 Å². The fraction of sp³-hybridized carbons (Fsp3) is 0. The molecule has 0 bridgehead atoms. The number of hydrogen-bond donors (Lipinski definition) is 1. The normalized spacial score (nSPS) is 10.1. The summed E-state index contributed by atoms with van der Waals surface area (Å²) in [4.78, 5) is 11.4. The molecule has 0 aliphatic heterocycles. The van der Waals surface area contributed by atoms with Crippen LogP contribution < -0.4 is 5.32 Å². The fourth-order valence-electron chi connectivity index (χ4n) is 1.11. The number of amides is 1. The van der Waals surface area contributed by atoms with E-state index in [-0.39, 0.29) is 5.69 Å². The first-order valence-corrected chi connectivity index (χ1v) is 4.35. The van der Waals surface area contributed by atoms with Crippen molar-refractivity contribution in [2.24, 2.45) is 0 Å². The Morgan fingerprint density at radius 2 is 2.25 bits per heavy atom. The number of nitrogens with zero attached hydrogens (tertiary/aromatic N) is 2. The third-order valence-corrected chi connectivity index (χ3v) is 1.83. The molecule has 2 aromatic rings. The Morgan fingerprint density at radius 3 is 2.94 bits per heavy atom. The molecule has 16 heavy (non-hydrogen) atoms. The largest absolute Gasteiger partial charge is 0.346 e. The van der Waals surface area contributed by atoms with Gasteiger partial charge in [-0.2, -0.15) is 9.78 Å². The van der Waals surface area contributed by atoms with E-state index < -0.39 is 17.7 Å². The number of rotatable bonds is 1. The highest BCUT2D eigenvalue weighted by atomic mass is 19.1. The average Bonchev–Trinajstić information content (AvgIpc) is 2.76. The van der Waals surface area contributed by atoms with Crippen LogP contribution in [-0.2, 0) is 0 Å². The van der Waals surface area contributed by atoms with Gasteiger partial charge < -0.3 is 5.32 Å². The number of carbonyl (C=O) groups is 1. The second-order valence-corrected chi connectivity index (χ2v) is 2.94. The van der Waals surface area contributed by atoms with Gasteiger partial charge in [0.05, 0.1) is 5.69 Å². The van der Waals surface area contributed by atoms with Crippen LogP contribution in [0.2, 0.25) is 0 Å². The Hall–Kier alpha value is -2.24. The summed E-state index contributed by atoms with van der Waals surface area (Å²) in [6.07, 6.45) is 3.75. The monoisotopic (exact) mass is 222 g/mol. The zero-order valence-electron chi connectivity index (χ0n) is 7.95. The summed E-state index contributed by atoms with van der Waals surface area (Å²) in [7, 11) is 0. The highest BCUT2D eigenvalue weighted by molar-refractivity contribution is 5.90. The molecule has 0 saturated carbocycles. The Labute approximate surface area is 89.5 Å². The smallest absolute Gasteiger partial charge is 0.303 e. The first kappa shape index (κ1) is 10.3. The summed E-state index contributed by atoms with van der Waals surface area (Å²) >= 11 is 0. The van der Waals surface area contributed by atoms with Crippen LogP contribution in [0.25, 0.3) is 0 Å². The molecule has 1 radical (unpaired) electrons. The van der Waals surface area contributed by atoms with Crippen LogP contribution in [0, 0.1) is 17.8 Å². The van der Waals surface area contributed by atoms with E-state index >= 15 is 0 Å². The highest BCUT2D eigenvalue weighted by Gasteiger charge is 2.09. The summed E-state index contributed by atoms with van der Waals surface area (Å²) in [5.41, 5.74) is -0.236. The van der Waals surface area contributed by atoms with Crippen molar-refractivity contribution in [1.29, 1.82) is 0 Å². The Balaban J connectivity index is 2.21. The SMILES string of the molecule is O=C(Nc1cc(F)ccc1F)n1cc[c]n1. The number of carbonyl (C=O) groups excluding carboxylic acids is 1. The van der Waals surface area contributed by atoms with Crippen LogP contribution in [0.15, 0.2) is 30.5 Å². The summed E-state index contributed by atoms with van der Waals surface area (Å²) in [6, 6.07) is 3.51. The van der Waals surface area contributed by atoms with Crippen LogP contribution in [0.3, 0.4) is 0 Å². The van der Waals surface area contributed by atoms with E-state index in [4.69, 9.17) is 0 Å². The molecule has 6 heteroatoms. The maximum atomic E-state index is 13.2. The minimum atomic E-state index is -0.717. The topological polar surface area (TPSA) is 46.9 Å². The van der Waals surface area contributed by atoms with E-state index in [0.717, 1.165) is 22.9 Å². The molecular formula is C10H6F2N3O. The van der Waals surface area contributed by atoms with Crippen LogP contribution in [-0.4, -0.2) is 15.8 Å². The van der Waals surface area contributed by atoms with Crippen molar-refractivity contribution in [2.45, 2.75) is 0 Å². The number of hydrogen-bond acceptors (Lipinski definition) is 2. The molecule has 0 unspecified atom stereocenters. The van der Waals surface area contributed by atoms with Gasteiger partial charge >= 0.3 is 6.03 Å². The molecule has 4 nitrogen and oxygen atoms in total. The quantitative estimate of drug-likeness (QED) is 0.802.